The molecule has 0 saturated carbocycles. The molecule has 2 aromatic heterocycles. The zero-order valence-electron chi connectivity index (χ0n) is 9.28. The van der Waals surface area contributed by atoms with Crippen molar-refractivity contribution < 1.29 is 4.92 Å². The van der Waals surface area contributed by atoms with Gasteiger partial charge < -0.3 is 10.3 Å². The van der Waals surface area contributed by atoms with E-state index in [0.29, 0.717) is 6.54 Å². The molecule has 2 N–H and O–H groups in total. The van der Waals surface area contributed by atoms with Crippen LogP contribution in [0.3, 0.4) is 0 Å². The Labute approximate surface area is 96.8 Å². The van der Waals surface area contributed by atoms with Gasteiger partial charge in [-0.05, 0) is 6.92 Å². The maximum absolute atomic E-state index is 10.6. The van der Waals surface area contributed by atoms with Crippen LogP contribution >= 0.6 is 0 Å². The number of rotatable bonds is 4. The number of nitrogens with zero attached hydrogens (tertiary/aromatic N) is 5. The van der Waals surface area contributed by atoms with E-state index in [1.165, 1.54) is 4.68 Å². The molecule has 0 bridgehead atoms. The summed E-state index contributed by atoms with van der Waals surface area (Å²) >= 11 is 0. The highest BCUT2D eigenvalue weighted by atomic mass is 16.6. The second-order valence-corrected chi connectivity index (χ2v) is 3.50. The quantitative estimate of drug-likeness (QED) is 0.619. The zero-order chi connectivity index (χ0) is 12.4. The Morgan fingerprint density at radius 1 is 1.53 bits per heavy atom. The zero-order valence-corrected chi connectivity index (χ0v) is 9.28. The molecular weight excluding hydrogens is 224 g/mol. The Morgan fingerprint density at radius 3 is 2.88 bits per heavy atom. The predicted molar refractivity (Wildman–Crippen MR) is 60.3 cm³/mol. The van der Waals surface area contributed by atoms with Gasteiger partial charge >= 0.3 is 5.69 Å². The summed E-state index contributed by atoms with van der Waals surface area (Å²) < 4.78 is 3.31. The van der Waals surface area contributed by atoms with Gasteiger partial charge in [0.05, 0.1) is 29.7 Å². The van der Waals surface area contributed by atoms with E-state index in [4.69, 9.17) is 5.73 Å². The highest BCUT2D eigenvalue weighted by Crippen LogP contribution is 2.20. The van der Waals surface area contributed by atoms with Crippen LogP contribution in [-0.2, 0) is 13.1 Å². The van der Waals surface area contributed by atoms with E-state index in [1.54, 1.807) is 12.5 Å². The van der Waals surface area contributed by atoms with Crippen molar-refractivity contribution in [3.8, 4) is 0 Å². The number of hydrogen-bond acceptors (Lipinski definition) is 5. The highest BCUT2D eigenvalue weighted by molar-refractivity contribution is 5.51. The number of aryl methyl sites for hydroxylation is 1. The average Bonchev–Trinajstić information content (AvgIpc) is 2.87. The van der Waals surface area contributed by atoms with E-state index in [1.807, 2.05) is 11.5 Å². The molecule has 17 heavy (non-hydrogen) atoms. The van der Waals surface area contributed by atoms with Gasteiger partial charge in [0.2, 0.25) is 5.82 Å². The lowest BCUT2D eigenvalue weighted by atomic mass is 10.4. The van der Waals surface area contributed by atoms with Gasteiger partial charge in [0.1, 0.15) is 6.20 Å². The molecule has 8 heteroatoms. The van der Waals surface area contributed by atoms with E-state index >= 15 is 0 Å². The minimum atomic E-state index is -0.546. The van der Waals surface area contributed by atoms with Crippen molar-refractivity contribution >= 4 is 11.5 Å². The number of hydrogen-bond donors (Lipinski definition) is 1. The molecule has 0 radical (unpaired) electrons. The third-order valence-corrected chi connectivity index (χ3v) is 2.51. The van der Waals surface area contributed by atoms with Crippen LogP contribution in [0.1, 0.15) is 12.6 Å². The molecule has 0 amide bonds. The summed E-state index contributed by atoms with van der Waals surface area (Å²) in [5.41, 5.74) is 6.37. The van der Waals surface area contributed by atoms with Crippen LogP contribution in [0.4, 0.5) is 11.5 Å². The van der Waals surface area contributed by atoms with Crippen LogP contribution in [0.25, 0.3) is 0 Å². The number of nitrogen functional groups attached to an aromatic ring is 1. The Hall–Kier alpha value is -2.38. The molecule has 8 nitrogen and oxygen atoms in total. The van der Waals surface area contributed by atoms with Crippen molar-refractivity contribution in [2.24, 2.45) is 0 Å². The molecule has 0 atom stereocenters. The molecule has 0 aliphatic carbocycles. The highest BCUT2D eigenvalue weighted by Gasteiger charge is 2.18. The van der Waals surface area contributed by atoms with Gasteiger partial charge in [0.25, 0.3) is 0 Å². The lowest BCUT2D eigenvalue weighted by Gasteiger charge is -2.05. The largest absolute Gasteiger partial charge is 0.378 e. The molecule has 0 unspecified atom stereocenters. The number of aromatic nitrogens is 4. The van der Waals surface area contributed by atoms with Crippen molar-refractivity contribution in [3.05, 3.63) is 34.5 Å². The topological polar surface area (TPSA) is 105 Å². The Morgan fingerprint density at radius 2 is 2.29 bits per heavy atom. The minimum absolute atomic E-state index is 0.0545. The summed E-state index contributed by atoms with van der Waals surface area (Å²) in [5.74, 6) is 0.0545. The first-order valence-electron chi connectivity index (χ1n) is 5.08. The molecule has 0 spiro atoms. The maximum Gasteiger partial charge on any atom is 0.330 e. The minimum Gasteiger partial charge on any atom is -0.378 e. The summed E-state index contributed by atoms with van der Waals surface area (Å²) in [4.78, 5) is 14.1. The summed E-state index contributed by atoms with van der Waals surface area (Å²) in [5, 5.41) is 14.5. The van der Waals surface area contributed by atoms with Crippen LogP contribution in [-0.4, -0.2) is 24.3 Å². The van der Waals surface area contributed by atoms with Gasteiger partial charge in [-0.2, -0.15) is 5.10 Å². The Kier molecular flexibility index (Phi) is 2.77. The van der Waals surface area contributed by atoms with Gasteiger partial charge in [-0.3, -0.25) is 10.1 Å². The van der Waals surface area contributed by atoms with Crippen molar-refractivity contribution in [1.82, 2.24) is 19.3 Å². The number of nitrogens with two attached hydrogens (primary N) is 1. The molecule has 90 valence electrons. The normalized spacial score (nSPS) is 10.6. The van der Waals surface area contributed by atoms with E-state index in [9.17, 15) is 10.1 Å². The molecule has 2 rings (SSSR count). The Bertz CT molecular complexity index is 543. The fourth-order valence-electron chi connectivity index (χ4n) is 1.57. The second kappa shape index (κ2) is 4.24. The molecular formula is C9H12N6O2. The fraction of sp³-hybridized carbons (Fsp3) is 0.333. The molecule has 0 aromatic carbocycles. The maximum atomic E-state index is 10.6. The van der Waals surface area contributed by atoms with E-state index < -0.39 is 4.92 Å². The smallest absolute Gasteiger partial charge is 0.330 e. The van der Waals surface area contributed by atoms with Crippen molar-refractivity contribution in [1.29, 1.82) is 0 Å². The van der Waals surface area contributed by atoms with Gasteiger partial charge in [0.15, 0.2) is 0 Å². The summed E-state index contributed by atoms with van der Waals surface area (Å²) in [6, 6.07) is 0. The van der Waals surface area contributed by atoms with Gasteiger partial charge in [0, 0.05) is 6.54 Å². The third kappa shape index (κ3) is 1.96. The fourth-order valence-corrected chi connectivity index (χ4v) is 1.57. The van der Waals surface area contributed by atoms with E-state index in [-0.39, 0.29) is 11.5 Å². The second-order valence-electron chi connectivity index (χ2n) is 3.50. The summed E-state index contributed by atoms with van der Waals surface area (Å²) in [6.07, 6.45) is 4.54. The lowest BCUT2D eigenvalue weighted by Crippen LogP contribution is -2.10. The first kappa shape index (κ1) is 11.1. The average molecular weight is 236 g/mol. The molecule has 0 aliphatic heterocycles. The first-order chi connectivity index (χ1) is 8.13. The number of anilines is 1. The molecule has 0 fully saturated rings. The van der Waals surface area contributed by atoms with Crippen LogP contribution < -0.4 is 5.73 Å². The lowest BCUT2D eigenvalue weighted by molar-refractivity contribution is -0.384. The van der Waals surface area contributed by atoms with E-state index in [0.717, 1.165) is 18.4 Å². The number of imidazole rings is 1. The van der Waals surface area contributed by atoms with E-state index in [2.05, 4.69) is 10.1 Å². The van der Waals surface area contributed by atoms with Crippen molar-refractivity contribution in [2.45, 2.75) is 20.0 Å². The van der Waals surface area contributed by atoms with Crippen LogP contribution in [0.15, 0.2) is 18.7 Å². The predicted octanol–water partition coefficient (Wildman–Crippen LogP) is 0.638. The van der Waals surface area contributed by atoms with Gasteiger partial charge in [-0.25, -0.2) is 9.67 Å². The monoisotopic (exact) mass is 236 g/mol. The molecule has 0 aliphatic rings. The summed E-state index contributed by atoms with van der Waals surface area (Å²) in [7, 11) is 0. The molecule has 2 aromatic rings. The first-order valence-corrected chi connectivity index (χ1v) is 5.08. The van der Waals surface area contributed by atoms with Crippen molar-refractivity contribution in [2.75, 3.05) is 5.73 Å². The van der Waals surface area contributed by atoms with Gasteiger partial charge in [-0.1, -0.05) is 0 Å². The van der Waals surface area contributed by atoms with Crippen LogP contribution in [0.2, 0.25) is 0 Å². The van der Waals surface area contributed by atoms with Crippen molar-refractivity contribution in [3.63, 3.8) is 0 Å². The number of nitro groups is 1. The van der Waals surface area contributed by atoms with Gasteiger partial charge in [-0.15, -0.1) is 0 Å². The SMILES string of the molecule is CCn1cncc1Cn1ncc([N+](=O)[O-])c1N. The summed E-state index contributed by atoms with van der Waals surface area (Å²) in [6.45, 7) is 3.13. The standard InChI is InChI=1S/C9H12N6O2/c1-2-13-6-11-3-7(13)5-14-9(10)8(4-12-14)15(16)17/h3-4,6H,2,5,10H2,1H3. The van der Waals surface area contributed by atoms with Crippen LogP contribution in [0, 0.1) is 10.1 Å². The molecule has 0 saturated heterocycles. The van der Waals surface area contributed by atoms with Crippen LogP contribution in [0.5, 0.6) is 0 Å². The third-order valence-electron chi connectivity index (χ3n) is 2.51. The Balaban J connectivity index is 2.28. The molecule has 2 heterocycles.